The molecule has 0 fully saturated rings. The summed E-state index contributed by atoms with van der Waals surface area (Å²) in [6.45, 7) is 5.81. The molecule has 90 valence electrons. The van der Waals surface area contributed by atoms with Gasteiger partial charge in [-0.15, -0.1) is 4.91 Å². The van der Waals surface area contributed by atoms with Gasteiger partial charge in [0.1, 0.15) is 5.65 Å². The SMILES string of the molecule is CC(C)(C)c1nc2c(CO)cccn2c1N=O. The van der Waals surface area contributed by atoms with Crippen LogP contribution < -0.4 is 0 Å². The fraction of sp³-hybridized carbons (Fsp3) is 0.417. The Bertz CT molecular complexity index is 567. The Hall–Kier alpha value is -1.75. The molecule has 0 aliphatic rings. The van der Waals surface area contributed by atoms with Gasteiger partial charge < -0.3 is 5.11 Å². The van der Waals surface area contributed by atoms with Gasteiger partial charge in [0, 0.05) is 17.2 Å². The zero-order valence-electron chi connectivity index (χ0n) is 10.1. The summed E-state index contributed by atoms with van der Waals surface area (Å²) in [6.07, 6.45) is 1.73. The lowest BCUT2D eigenvalue weighted by Crippen LogP contribution is -2.11. The molecule has 2 heterocycles. The largest absolute Gasteiger partial charge is 0.392 e. The average molecular weight is 233 g/mol. The quantitative estimate of drug-likeness (QED) is 0.810. The molecule has 0 bridgehead atoms. The molecule has 0 aliphatic heterocycles. The highest BCUT2D eigenvalue weighted by Gasteiger charge is 2.25. The number of pyridine rings is 1. The number of rotatable bonds is 2. The summed E-state index contributed by atoms with van der Waals surface area (Å²) in [6, 6.07) is 3.55. The van der Waals surface area contributed by atoms with Crippen LogP contribution in [0.4, 0.5) is 5.82 Å². The lowest BCUT2D eigenvalue weighted by Gasteiger charge is -2.14. The molecule has 5 nitrogen and oxygen atoms in total. The van der Waals surface area contributed by atoms with E-state index in [4.69, 9.17) is 0 Å². The summed E-state index contributed by atoms with van der Waals surface area (Å²) in [5, 5.41) is 12.3. The Morgan fingerprint density at radius 1 is 1.47 bits per heavy atom. The van der Waals surface area contributed by atoms with Crippen LogP contribution >= 0.6 is 0 Å². The van der Waals surface area contributed by atoms with Gasteiger partial charge in [-0.1, -0.05) is 26.8 Å². The first-order valence-corrected chi connectivity index (χ1v) is 5.43. The van der Waals surface area contributed by atoms with E-state index in [2.05, 4.69) is 10.2 Å². The van der Waals surface area contributed by atoms with Gasteiger partial charge in [0.25, 0.3) is 0 Å². The lowest BCUT2D eigenvalue weighted by molar-refractivity contribution is 0.282. The second kappa shape index (κ2) is 3.92. The molecule has 0 aliphatic carbocycles. The van der Waals surface area contributed by atoms with Gasteiger partial charge in [0.15, 0.2) is 0 Å². The van der Waals surface area contributed by atoms with E-state index in [9.17, 15) is 10.0 Å². The smallest absolute Gasteiger partial charge is 0.205 e. The third-order valence-electron chi connectivity index (χ3n) is 2.67. The van der Waals surface area contributed by atoms with Crippen LogP contribution in [-0.4, -0.2) is 14.5 Å². The minimum atomic E-state index is -0.262. The summed E-state index contributed by atoms with van der Waals surface area (Å²) in [5.41, 5.74) is 1.66. The highest BCUT2D eigenvalue weighted by atomic mass is 16.3. The van der Waals surface area contributed by atoms with Crippen LogP contribution in [0.1, 0.15) is 32.0 Å². The van der Waals surface area contributed by atoms with E-state index in [-0.39, 0.29) is 12.0 Å². The Labute approximate surface area is 99.1 Å². The maximum atomic E-state index is 11.0. The van der Waals surface area contributed by atoms with Crippen molar-refractivity contribution in [2.75, 3.05) is 0 Å². The van der Waals surface area contributed by atoms with Gasteiger partial charge in [-0.25, -0.2) is 4.98 Å². The fourth-order valence-corrected chi connectivity index (χ4v) is 1.83. The number of aromatic nitrogens is 2. The van der Waals surface area contributed by atoms with E-state index < -0.39 is 0 Å². The highest BCUT2D eigenvalue weighted by molar-refractivity contribution is 5.58. The molecule has 0 saturated carbocycles. The molecule has 0 amide bonds. The van der Waals surface area contributed by atoms with Crippen LogP contribution in [0, 0.1) is 4.91 Å². The molecular formula is C12H15N3O2. The highest BCUT2D eigenvalue weighted by Crippen LogP contribution is 2.32. The average Bonchev–Trinajstić information content (AvgIpc) is 2.66. The molecule has 0 unspecified atom stereocenters. The van der Waals surface area contributed by atoms with Gasteiger partial charge in [-0.3, -0.25) is 4.40 Å². The summed E-state index contributed by atoms with van der Waals surface area (Å²) < 4.78 is 1.62. The second-order valence-corrected chi connectivity index (χ2v) is 5.01. The first kappa shape index (κ1) is 11.7. The van der Waals surface area contributed by atoms with E-state index in [1.807, 2.05) is 20.8 Å². The normalized spacial score (nSPS) is 12.0. The molecule has 0 aromatic carbocycles. The van der Waals surface area contributed by atoms with Crippen molar-refractivity contribution in [3.05, 3.63) is 34.5 Å². The summed E-state index contributed by atoms with van der Waals surface area (Å²) in [7, 11) is 0. The maximum Gasteiger partial charge on any atom is 0.205 e. The van der Waals surface area contributed by atoms with Gasteiger partial charge >= 0.3 is 0 Å². The maximum absolute atomic E-state index is 11.0. The van der Waals surface area contributed by atoms with Crippen LogP contribution in [0.15, 0.2) is 23.5 Å². The van der Waals surface area contributed by atoms with Gasteiger partial charge in [-0.2, -0.15) is 0 Å². The first-order chi connectivity index (χ1) is 7.99. The molecule has 2 aromatic rings. The van der Waals surface area contributed by atoms with E-state index in [1.54, 1.807) is 22.7 Å². The molecule has 2 aromatic heterocycles. The summed E-state index contributed by atoms with van der Waals surface area (Å²) >= 11 is 0. The minimum Gasteiger partial charge on any atom is -0.392 e. The Morgan fingerprint density at radius 2 is 2.18 bits per heavy atom. The first-order valence-electron chi connectivity index (χ1n) is 5.43. The second-order valence-electron chi connectivity index (χ2n) is 5.01. The number of nitrogens with zero attached hydrogens (tertiary/aromatic N) is 3. The third kappa shape index (κ3) is 1.82. The van der Waals surface area contributed by atoms with Crippen molar-refractivity contribution < 1.29 is 5.11 Å². The molecule has 17 heavy (non-hydrogen) atoms. The molecule has 0 saturated heterocycles. The Morgan fingerprint density at radius 3 is 2.71 bits per heavy atom. The molecule has 1 N–H and O–H groups in total. The van der Waals surface area contributed by atoms with E-state index in [1.165, 1.54) is 0 Å². The zero-order chi connectivity index (χ0) is 12.6. The Kier molecular flexibility index (Phi) is 2.71. The van der Waals surface area contributed by atoms with E-state index in [0.717, 1.165) is 0 Å². The third-order valence-corrected chi connectivity index (χ3v) is 2.67. The van der Waals surface area contributed by atoms with Crippen molar-refractivity contribution in [2.45, 2.75) is 32.8 Å². The molecule has 0 atom stereocenters. The van der Waals surface area contributed by atoms with Crippen LogP contribution in [0.25, 0.3) is 5.65 Å². The van der Waals surface area contributed by atoms with Crippen molar-refractivity contribution in [1.29, 1.82) is 0 Å². The van der Waals surface area contributed by atoms with Crippen molar-refractivity contribution in [3.63, 3.8) is 0 Å². The van der Waals surface area contributed by atoms with Crippen molar-refractivity contribution in [1.82, 2.24) is 9.38 Å². The standard InChI is InChI=1S/C12H15N3O2/c1-12(2,3)9-11(14-17)15-6-4-5-8(7-16)10(15)13-9/h4-6,16H,7H2,1-3H3. The molecule has 2 rings (SSSR count). The van der Waals surface area contributed by atoms with Crippen LogP contribution in [0.2, 0.25) is 0 Å². The topological polar surface area (TPSA) is 67.0 Å². The van der Waals surface area contributed by atoms with E-state index >= 15 is 0 Å². The van der Waals surface area contributed by atoms with E-state index in [0.29, 0.717) is 22.7 Å². The minimum absolute atomic E-state index is 0.108. The van der Waals surface area contributed by atoms with Crippen LogP contribution in [0.3, 0.4) is 0 Å². The molecule has 0 radical (unpaired) electrons. The number of hydrogen-bond donors (Lipinski definition) is 1. The number of nitroso groups, excluding NO2 is 1. The van der Waals surface area contributed by atoms with Crippen LogP contribution in [0.5, 0.6) is 0 Å². The Balaban J connectivity index is 2.84. The number of aliphatic hydroxyl groups excluding tert-OH is 1. The van der Waals surface area contributed by atoms with Crippen molar-refractivity contribution in [3.8, 4) is 0 Å². The number of hydrogen-bond acceptors (Lipinski definition) is 4. The van der Waals surface area contributed by atoms with Gasteiger partial charge in [0.05, 0.1) is 12.3 Å². The number of fused-ring (bicyclic) bond motifs is 1. The van der Waals surface area contributed by atoms with Crippen molar-refractivity contribution >= 4 is 11.5 Å². The monoisotopic (exact) mass is 233 g/mol. The number of aliphatic hydroxyl groups is 1. The molecule has 0 spiro atoms. The van der Waals surface area contributed by atoms with Crippen LogP contribution in [-0.2, 0) is 12.0 Å². The number of imidazole rings is 1. The zero-order valence-corrected chi connectivity index (χ0v) is 10.1. The lowest BCUT2D eigenvalue weighted by atomic mass is 9.92. The predicted octanol–water partition coefficient (Wildman–Crippen LogP) is 2.52. The molecular weight excluding hydrogens is 218 g/mol. The van der Waals surface area contributed by atoms with Crippen molar-refractivity contribution in [2.24, 2.45) is 5.18 Å². The summed E-state index contributed by atoms with van der Waals surface area (Å²) in [4.78, 5) is 15.4. The van der Waals surface area contributed by atoms with Gasteiger partial charge in [-0.05, 0) is 11.2 Å². The fourth-order valence-electron chi connectivity index (χ4n) is 1.83. The predicted molar refractivity (Wildman–Crippen MR) is 65.3 cm³/mol. The van der Waals surface area contributed by atoms with Gasteiger partial charge in [0.2, 0.25) is 5.82 Å². The molecule has 5 heteroatoms. The summed E-state index contributed by atoms with van der Waals surface area (Å²) in [5.74, 6) is 0.308.